The van der Waals surface area contributed by atoms with Gasteiger partial charge in [0.1, 0.15) is 5.54 Å². The minimum absolute atomic E-state index is 0.428. The molecule has 0 spiro atoms. The Hall–Kier alpha value is -2.41. The number of rotatable bonds is 8. The molecule has 0 aliphatic carbocycles. The molecule has 0 heterocycles. The predicted octanol–water partition coefficient (Wildman–Crippen LogP) is 2.19. The van der Waals surface area contributed by atoms with Gasteiger partial charge in [-0.2, -0.15) is 0 Å². The quantitative estimate of drug-likeness (QED) is 0.534. The normalized spacial score (nSPS) is 14.2. The summed E-state index contributed by atoms with van der Waals surface area (Å²) < 4.78 is 0. The van der Waals surface area contributed by atoms with Crippen LogP contribution < -0.4 is 10.6 Å². The molecule has 1 atom stereocenters. The van der Waals surface area contributed by atoms with Gasteiger partial charge in [-0.1, -0.05) is 45.9 Å². The second-order valence-electron chi connectivity index (χ2n) is 6.86. The Balaban J connectivity index is 3.30. The molecule has 1 aromatic carbocycles. The number of aliphatic carboxylic acids is 2. The lowest BCUT2D eigenvalue weighted by Gasteiger charge is -2.43. The summed E-state index contributed by atoms with van der Waals surface area (Å²) in [6.45, 7) is 7.89. The van der Waals surface area contributed by atoms with E-state index in [-0.39, 0.29) is 0 Å². The molecule has 0 fully saturated rings. The van der Waals surface area contributed by atoms with Crippen molar-refractivity contribution in [3.63, 3.8) is 0 Å². The monoisotopic (exact) mass is 350 g/mol. The van der Waals surface area contributed by atoms with E-state index in [2.05, 4.69) is 10.6 Å². The zero-order valence-electron chi connectivity index (χ0n) is 15.2. The standard InChI is InChI=1S/C18H26N2O5/c1-11(2)18(12(3)4,16(24)25)20-17(5,15(22)23)14(21)19-13-9-7-6-8-10-13/h6-12,20H,1-5H3,(H,19,21)(H,22,23)(H,24,25). The van der Waals surface area contributed by atoms with Crippen LogP contribution in [-0.2, 0) is 14.4 Å². The number of hydrogen-bond acceptors (Lipinski definition) is 4. The first-order valence-corrected chi connectivity index (χ1v) is 8.11. The molecule has 1 aromatic rings. The van der Waals surface area contributed by atoms with Crippen molar-refractivity contribution in [1.82, 2.24) is 5.32 Å². The maximum atomic E-state index is 12.7. The van der Waals surface area contributed by atoms with Crippen LogP contribution in [-0.4, -0.2) is 39.1 Å². The number of anilines is 1. The van der Waals surface area contributed by atoms with Crippen molar-refractivity contribution >= 4 is 23.5 Å². The number of para-hydroxylation sites is 1. The van der Waals surface area contributed by atoms with Gasteiger partial charge < -0.3 is 15.5 Å². The minimum atomic E-state index is -2.12. The first kappa shape index (κ1) is 20.6. The second-order valence-corrected chi connectivity index (χ2v) is 6.86. The Morgan fingerprint density at radius 2 is 1.40 bits per heavy atom. The van der Waals surface area contributed by atoms with Gasteiger partial charge in [-0.25, -0.2) is 4.79 Å². The molecular weight excluding hydrogens is 324 g/mol. The Morgan fingerprint density at radius 3 is 1.76 bits per heavy atom. The SMILES string of the molecule is CC(C)C(NC(C)(C(=O)O)C(=O)Nc1ccccc1)(C(=O)O)C(C)C. The average Bonchev–Trinajstić information content (AvgIpc) is 2.51. The highest BCUT2D eigenvalue weighted by Crippen LogP contribution is 2.30. The van der Waals surface area contributed by atoms with E-state index in [0.29, 0.717) is 5.69 Å². The van der Waals surface area contributed by atoms with E-state index in [1.807, 2.05) is 0 Å². The molecule has 4 N–H and O–H groups in total. The third-order valence-corrected chi connectivity index (χ3v) is 4.55. The zero-order chi connectivity index (χ0) is 19.4. The van der Waals surface area contributed by atoms with Crippen molar-refractivity contribution < 1.29 is 24.6 Å². The lowest BCUT2D eigenvalue weighted by Crippen LogP contribution is -2.71. The Kier molecular flexibility index (Phi) is 6.31. The number of carbonyl (C=O) groups is 3. The number of carboxylic acids is 2. The first-order chi connectivity index (χ1) is 11.5. The molecule has 0 radical (unpaired) electrons. The Labute approximate surface area is 147 Å². The Bertz CT molecular complexity index is 634. The summed E-state index contributed by atoms with van der Waals surface area (Å²) in [5.74, 6) is -4.38. The molecule has 25 heavy (non-hydrogen) atoms. The maximum Gasteiger partial charge on any atom is 0.333 e. The van der Waals surface area contributed by atoms with Gasteiger partial charge in [-0.15, -0.1) is 0 Å². The molecule has 1 amide bonds. The van der Waals surface area contributed by atoms with E-state index in [9.17, 15) is 24.6 Å². The van der Waals surface area contributed by atoms with Crippen molar-refractivity contribution in [2.24, 2.45) is 11.8 Å². The lowest BCUT2D eigenvalue weighted by atomic mass is 9.75. The van der Waals surface area contributed by atoms with Gasteiger partial charge in [0.05, 0.1) is 0 Å². The topological polar surface area (TPSA) is 116 Å². The molecule has 0 saturated heterocycles. The summed E-state index contributed by atoms with van der Waals surface area (Å²) in [4.78, 5) is 36.6. The van der Waals surface area contributed by atoms with Crippen molar-refractivity contribution in [2.45, 2.75) is 45.7 Å². The van der Waals surface area contributed by atoms with Crippen LogP contribution in [0.15, 0.2) is 30.3 Å². The van der Waals surface area contributed by atoms with Crippen LogP contribution in [0, 0.1) is 11.8 Å². The van der Waals surface area contributed by atoms with Crippen LogP contribution in [0.5, 0.6) is 0 Å². The summed E-state index contributed by atoms with van der Waals surface area (Å²) in [6.07, 6.45) is 0. The average molecular weight is 350 g/mol. The van der Waals surface area contributed by atoms with E-state index in [0.717, 1.165) is 0 Å². The maximum absolute atomic E-state index is 12.7. The van der Waals surface area contributed by atoms with Gasteiger partial charge in [0.2, 0.25) is 0 Å². The summed E-state index contributed by atoms with van der Waals surface area (Å²) in [7, 11) is 0. The molecule has 0 bridgehead atoms. The van der Waals surface area contributed by atoms with Gasteiger partial charge >= 0.3 is 11.9 Å². The molecule has 7 nitrogen and oxygen atoms in total. The third kappa shape index (κ3) is 3.99. The second kappa shape index (κ2) is 7.65. The molecular formula is C18H26N2O5. The number of benzene rings is 1. The molecule has 0 aliphatic rings. The molecule has 7 heteroatoms. The minimum Gasteiger partial charge on any atom is -0.480 e. The van der Waals surface area contributed by atoms with Gasteiger partial charge in [0.25, 0.3) is 5.91 Å². The highest BCUT2D eigenvalue weighted by Gasteiger charge is 2.54. The summed E-state index contributed by atoms with van der Waals surface area (Å²) in [6, 6.07) is 8.40. The molecule has 1 rings (SSSR count). The predicted molar refractivity (Wildman–Crippen MR) is 94.3 cm³/mol. The van der Waals surface area contributed by atoms with E-state index in [1.165, 1.54) is 6.92 Å². The van der Waals surface area contributed by atoms with Crippen LogP contribution in [0.4, 0.5) is 5.69 Å². The number of hydrogen-bond donors (Lipinski definition) is 4. The fraction of sp³-hybridized carbons (Fsp3) is 0.500. The largest absolute Gasteiger partial charge is 0.480 e. The zero-order valence-corrected chi connectivity index (χ0v) is 15.2. The van der Waals surface area contributed by atoms with Crippen LogP contribution in [0.1, 0.15) is 34.6 Å². The third-order valence-electron chi connectivity index (χ3n) is 4.55. The van der Waals surface area contributed by atoms with Crippen molar-refractivity contribution in [2.75, 3.05) is 5.32 Å². The van der Waals surface area contributed by atoms with E-state index >= 15 is 0 Å². The van der Waals surface area contributed by atoms with Gasteiger partial charge in [0, 0.05) is 5.69 Å². The van der Waals surface area contributed by atoms with Crippen molar-refractivity contribution in [3.8, 4) is 0 Å². The fourth-order valence-corrected chi connectivity index (χ4v) is 2.90. The van der Waals surface area contributed by atoms with E-state index < -0.39 is 40.8 Å². The van der Waals surface area contributed by atoms with Crippen molar-refractivity contribution in [1.29, 1.82) is 0 Å². The Morgan fingerprint density at radius 1 is 0.920 bits per heavy atom. The molecule has 1 unspecified atom stereocenters. The fourth-order valence-electron chi connectivity index (χ4n) is 2.90. The van der Waals surface area contributed by atoms with Crippen LogP contribution in [0.2, 0.25) is 0 Å². The smallest absolute Gasteiger partial charge is 0.333 e. The number of carboxylic acid groups (broad SMARTS) is 2. The summed E-state index contributed by atoms with van der Waals surface area (Å²) in [5, 5.41) is 24.6. The lowest BCUT2D eigenvalue weighted by molar-refractivity contribution is -0.157. The van der Waals surface area contributed by atoms with E-state index in [4.69, 9.17) is 0 Å². The van der Waals surface area contributed by atoms with Gasteiger partial charge in [0.15, 0.2) is 5.54 Å². The van der Waals surface area contributed by atoms with Gasteiger partial charge in [-0.3, -0.25) is 14.9 Å². The summed E-state index contributed by atoms with van der Waals surface area (Å²) >= 11 is 0. The van der Waals surface area contributed by atoms with Crippen molar-refractivity contribution in [3.05, 3.63) is 30.3 Å². The highest BCUT2D eigenvalue weighted by molar-refractivity contribution is 6.12. The van der Waals surface area contributed by atoms with E-state index in [1.54, 1.807) is 58.0 Å². The van der Waals surface area contributed by atoms with Crippen LogP contribution in [0.25, 0.3) is 0 Å². The first-order valence-electron chi connectivity index (χ1n) is 8.11. The molecule has 138 valence electrons. The highest BCUT2D eigenvalue weighted by atomic mass is 16.4. The summed E-state index contributed by atoms with van der Waals surface area (Å²) in [5.41, 5.74) is -3.28. The number of nitrogens with one attached hydrogen (secondary N) is 2. The number of carbonyl (C=O) groups excluding carboxylic acids is 1. The van der Waals surface area contributed by atoms with Gasteiger partial charge in [-0.05, 0) is 30.9 Å². The molecule has 0 aliphatic heterocycles. The van der Waals surface area contributed by atoms with Crippen LogP contribution >= 0.6 is 0 Å². The molecule has 0 aromatic heterocycles. The van der Waals surface area contributed by atoms with Crippen LogP contribution in [0.3, 0.4) is 0 Å². The number of amides is 1. The molecule has 0 saturated carbocycles.